The predicted molar refractivity (Wildman–Crippen MR) is 98.6 cm³/mol. The number of hydrogen-bond donors (Lipinski definition) is 3. The number of aromatic nitrogens is 3. The van der Waals surface area contributed by atoms with E-state index in [1.165, 1.54) is 23.3 Å². The summed E-state index contributed by atoms with van der Waals surface area (Å²) in [5, 5.41) is 9.89. The van der Waals surface area contributed by atoms with Gasteiger partial charge in [0.25, 0.3) is 5.91 Å². The lowest BCUT2D eigenvalue weighted by Gasteiger charge is -2.08. The minimum Gasteiger partial charge on any atom is -0.324 e. The van der Waals surface area contributed by atoms with E-state index in [4.69, 9.17) is 5.73 Å². The third kappa shape index (κ3) is 3.33. The summed E-state index contributed by atoms with van der Waals surface area (Å²) in [5.41, 5.74) is 8.51. The molecular weight excluding hydrogens is 334 g/mol. The number of anilines is 1. The quantitative estimate of drug-likeness (QED) is 0.671. The number of H-pyrrole nitrogens is 1. The van der Waals surface area contributed by atoms with Crippen molar-refractivity contribution in [1.29, 1.82) is 0 Å². The fourth-order valence-corrected chi connectivity index (χ4v) is 4.16. The summed E-state index contributed by atoms with van der Waals surface area (Å²) in [6.07, 6.45) is 4.64. The van der Waals surface area contributed by atoms with Crippen LogP contribution in [0.25, 0.3) is 11.4 Å². The number of amides is 1. The Labute approximate surface area is 149 Å². The first-order valence-corrected chi connectivity index (χ1v) is 9.19. The highest BCUT2D eigenvalue weighted by molar-refractivity contribution is 7.14. The lowest BCUT2D eigenvalue weighted by Crippen LogP contribution is -2.09. The summed E-state index contributed by atoms with van der Waals surface area (Å²) in [4.78, 5) is 18.9. The Hall–Kier alpha value is -2.51. The van der Waals surface area contributed by atoms with Gasteiger partial charge in [-0.1, -0.05) is 0 Å². The maximum absolute atomic E-state index is 12.5. The van der Waals surface area contributed by atoms with Crippen LogP contribution in [-0.2, 0) is 19.4 Å². The molecule has 1 amide bonds. The van der Waals surface area contributed by atoms with Gasteiger partial charge in [-0.3, -0.25) is 9.89 Å². The van der Waals surface area contributed by atoms with E-state index in [0.29, 0.717) is 18.2 Å². The molecule has 0 radical (unpaired) electrons. The topological polar surface area (TPSA) is 96.7 Å². The molecular formula is C18H19N5OS. The normalized spacial score (nSPS) is 13.5. The van der Waals surface area contributed by atoms with Crippen molar-refractivity contribution in [2.45, 2.75) is 32.2 Å². The van der Waals surface area contributed by atoms with Crippen LogP contribution in [-0.4, -0.2) is 21.1 Å². The third-order valence-electron chi connectivity index (χ3n) is 4.35. The molecule has 3 aromatic rings. The van der Waals surface area contributed by atoms with Crippen molar-refractivity contribution in [2.24, 2.45) is 5.73 Å². The molecule has 1 aliphatic carbocycles. The van der Waals surface area contributed by atoms with Gasteiger partial charge >= 0.3 is 0 Å². The molecule has 6 nitrogen and oxygen atoms in total. The van der Waals surface area contributed by atoms with Crippen LogP contribution in [0.4, 0.5) is 5.69 Å². The molecule has 0 unspecified atom stereocenters. The summed E-state index contributed by atoms with van der Waals surface area (Å²) in [6, 6.07) is 9.54. The van der Waals surface area contributed by atoms with Crippen LogP contribution < -0.4 is 11.1 Å². The van der Waals surface area contributed by atoms with E-state index in [2.05, 4.69) is 20.5 Å². The Kier molecular flexibility index (Phi) is 4.33. The van der Waals surface area contributed by atoms with E-state index < -0.39 is 0 Å². The van der Waals surface area contributed by atoms with Crippen LogP contribution in [0.3, 0.4) is 0 Å². The molecule has 1 aromatic carbocycles. The first-order chi connectivity index (χ1) is 12.2. The predicted octanol–water partition coefficient (Wildman–Crippen LogP) is 3.12. The number of carbonyl (C=O) groups is 1. The number of nitrogens with two attached hydrogens (primary N) is 1. The molecule has 4 N–H and O–H groups in total. The second kappa shape index (κ2) is 6.78. The van der Waals surface area contributed by atoms with E-state index >= 15 is 0 Å². The number of nitrogens with zero attached hydrogens (tertiary/aromatic N) is 2. The van der Waals surface area contributed by atoms with Crippen LogP contribution >= 0.6 is 11.3 Å². The highest BCUT2D eigenvalue weighted by Gasteiger charge is 2.17. The Morgan fingerprint density at radius 2 is 2.04 bits per heavy atom. The van der Waals surface area contributed by atoms with Crippen LogP contribution in [0.15, 0.2) is 30.3 Å². The largest absolute Gasteiger partial charge is 0.324 e. The molecule has 0 saturated heterocycles. The molecule has 128 valence electrons. The number of thiophene rings is 1. The number of rotatable bonds is 4. The molecule has 0 aliphatic heterocycles. The molecule has 2 heterocycles. The maximum Gasteiger partial charge on any atom is 0.265 e. The minimum absolute atomic E-state index is 0.0459. The molecule has 0 saturated carbocycles. The van der Waals surface area contributed by atoms with Crippen molar-refractivity contribution in [3.63, 3.8) is 0 Å². The molecule has 0 bridgehead atoms. The maximum atomic E-state index is 12.5. The van der Waals surface area contributed by atoms with Crippen molar-refractivity contribution < 1.29 is 4.79 Å². The van der Waals surface area contributed by atoms with Gasteiger partial charge in [-0.05, 0) is 61.6 Å². The standard InChI is InChI=1S/C18H19N5OS/c19-10-16-21-17(23-22-16)11-5-7-13(8-6-11)20-18(24)15-9-12-3-1-2-4-14(12)25-15/h5-9H,1-4,10,19H2,(H,20,24)(H,21,22,23). The first-order valence-electron chi connectivity index (χ1n) is 8.37. The van der Waals surface area contributed by atoms with E-state index in [1.807, 2.05) is 30.3 Å². The SMILES string of the molecule is NCc1nc(-c2ccc(NC(=O)c3cc4c(s3)CCCC4)cc2)n[nH]1. The molecule has 0 fully saturated rings. The summed E-state index contributed by atoms with van der Waals surface area (Å²) < 4.78 is 0. The van der Waals surface area contributed by atoms with Gasteiger partial charge in [0.15, 0.2) is 5.82 Å². The van der Waals surface area contributed by atoms with Gasteiger partial charge in [0, 0.05) is 16.1 Å². The van der Waals surface area contributed by atoms with Crippen molar-refractivity contribution in [2.75, 3.05) is 5.32 Å². The van der Waals surface area contributed by atoms with Gasteiger partial charge in [0.05, 0.1) is 11.4 Å². The van der Waals surface area contributed by atoms with Crippen molar-refractivity contribution in [1.82, 2.24) is 15.2 Å². The highest BCUT2D eigenvalue weighted by atomic mass is 32.1. The molecule has 4 rings (SSSR count). The number of benzene rings is 1. The smallest absolute Gasteiger partial charge is 0.265 e. The van der Waals surface area contributed by atoms with Gasteiger partial charge in [0.2, 0.25) is 0 Å². The zero-order chi connectivity index (χ0) is 17.2. The Morgan fingerprint density at radius 3 is 2.76 bits per heavy atom. The second-order valence-corrected chi connectivity index (χ2v) is 7.24. The first kappa shape index (κ1) is 16.0. The molecule has 0 spiro atoms. The zero-order valence-electron chi connectivity index (χ0n) is 13.7. The third-order valence-corrected chi connectivity index (χ3v) is 5.58. The van der Waals surface area contributed by atoms with Crippen LogP contribution in [0.5, 0.6) is 0 Å². The summed E-state index contributed by atoms with van der Waals surface area (Å²) in [5.74, 6) is 1.20. The molecule has 2 aromatic heterocycles. The van der Waals surface area contributed by atoms with Gasteiger partial charge in [0.1, 0.15) is 5.82 Å². The number of aromatic amines is 1. The number of hydrogen-bond acceptors (Lipinski definition) is 5. The summed E-state index contributed by atoms with van der Waals surface area (Å²) >= 11 is 1.62. The van der Waals surface area contributed by atoms with Crippen molar-refractivity contribution in [3.05, 3.63) is 51.5 Å². The van der Waals surface area contributed by atoms with Crippen LogP contribution in [0.1, 0.15) is 38.8 Å². The van der Waals surface area contributed by atoms with E-state index in [1.54, 1.807) is 11.3 Å². The zero-order valence-corrected chi connectivity index (χ0v) is 14.5. The van der Waals surface area contributed by atoms with Gasteiger partial charge in [-0.15, -0.1) is 11.3 Å². The lowest BCUT2D eigenvalue weighted by molar-refractivity contribution is 0.103. The van der Waals surface area contributed by atoms with E-state index in [0.717, 1.165) is 29.0 Å². The minimum atomic E-state index is -0.0459. The molecule has 0 atom stereocenters. The highest BCUT2D eigenvalue weighted by Crippen LogP contribution is 2.30. The van der Waals surface area contributed by atoms with E-state index in [9.17, 15) is 4.79 Å². The van der Waals surface area contributed by atoms with Crippen LogP contribution in [0, 0.1) is 0 Å². The average molecular weight is 353 g/mol. The molecule has 25 heavy (non-hydrogen) atoms. The fraction of sp³-hybridized carbons (Fsp3) is 0.278. The van der Waals surface area contributed by atoms with Gasteiger partial charge in [-0.2, -0.15) is 5.10 Å². The number of carbonyl (C=O) groups excluding carboxylic acids is 1. The Morgan fingerprint density at radius 1 is 1.24 bits per heavy atom. The van der Waals surface area contributed by atoms with Crippen molar-refractivity contribution in [3.8, 4) is 11.4 Å². The Balaban J connectivity index is 1.47. The summed E-state index contributed by atoms with van der Waals surface area (Å²) in [7, 11) is 0. The number of aryl methyl sites for hydroxylation is 2. The molecule has 1 aliphatic rings. The molecule has 7 heteroatoms. The second-order valence-electron chi connectivity index (χ2n) is 6.11. The fourth-order valence-electron chi connectivity index (χ4n) is 3.01. The van der Waals surface area contributed by atoms with Gasteiger partial charge in [-0.25, -0.2) is 4.98 Å². The van der Waals surface area contributed by atoms with Crippen LogP contribution in [0.2, 0.25) is 0 Å². The number of fused-ring (bicyclic) bond motifs is 1. The Bertz CT molecular complexity index is 873. The lowest BCUT2D eigenvalue weighted by atomic mass is 9.99. The van der Waals surface area contributed by atoms with Gasteiger partial charge < -0.3 is 11.1 Å². The van der Waals surface area contributed by atoms with Crippen molar-refractivity contribution >= 4 is 22.9 Å². The summed E-state index contributed by atoms with van der Waals surface area (Å²) in [6.45, 7) is 0.325. The van der Waals surface area contributed by atoms with E-state index in [-0.39, 0.29) is 5.91 Å². The average Bonchev–Trinajstić information content (AvgIpc) is 3.29. The monoisotopic (exact) mass is 353 g/mol. The number of nitrogens with one attached hydrogen (secondary N) is 2.